The van der Waals surface area contributed by atoms with Gasteiger partial charge in [0.2, 0.25) is 0 Å². The molecule has 0 fully saturated rings. The van der Waals surface area contributed by atoms with E-state index in [2.05, 4.69) is 12.1 Å². The van der Waals surface area contributed by atoms with Gasteiger partial charge in [0.15, 0.2) is 0 Å². The summed E-state index contributed by atoms with van der Waals surface area (Å²) in [6.07, 6.45) is 1.85. The maximum absolute atomic E-state index is 13.8. The Kier molecular flexibility index (Phi) is 5.76. The summed E-state index contributed by atoms with van der Waals surface area (Å²) in [4.78, 5) is 2.00. The Labute approximate surface area is 126 Å². The normalized spacial score (nSPS) is 12.1. The number of hydrogen-bond acceptors (Lipinski definition) is 2. The number of para-hydroxylation sites is 1. The molecule has 0 aromatic heterocycles. The molecule has 0 aliphatic rings. The monoisotopic (exact) mass is 286 g/mol. The van der Waals surface area contributed by atoms with Crippen LogP contribution in [0.4, 0.5) is 10.1 Å². The van der Waals surface area contributed by atoms with E-state index in [1.807, 2.05) is 42.2 Å². The van der Waals surface area contributed by atoms with Crippen LogP contribution in [0.2, 0.25) is 0 Å². The molecule has 0 spiro atoms. The van der Waals surface area contributed by atoms with E-state index < -0.39 is 0 Å². The first kappa shape index (κ1) is 15.5. The molecule has 0 saturated heterocycles. The van der Waals surface area contributed by atoms with Crippen LogP contribution >= 0.6 is 0 Å². The molecule has 3 heteroatoms. The number of halogens is 1. The molecule has 0 saturated carbocycles. The van der Waals surface area contributed by atoms with Crippen LogP contribution in [0.5, 0.6) is 0 Å². The van der Waals surface area contributed by atoms with Gasteiger partial charge in [0, 0.05) is 19.1 Å². The van der Waals surface area contributed by atoms with Crippen molar-refractivity contribution >= 4 is 5.69 Å². The van der Waals surface area contributed by atoms with Crippen LogP contribution in [0.15, 0.2) is 54.6 Å². The van der Waals surface area contributed by atoms with E-state index in [0.29, 0.717) is 12.2 Å². The van der Waals surface area contributed by atoms with Gasteiger partial charge >= 0.3 is 0 Å². The Bertz CT molecular complexity index is 542. The SMILES string of the molecule is CCN(CC(N)CCc1ccccc1)c1ccccc1F. The lowest BCUT2D eigenvalue weighted by Crippen LogP contribution is -2.38. The number of hydrogen-bond donors (Lipinski definition) is 1. The number of anilines is 1. The number of nitrogens with zero attached hydrogens (tertiary/aromatic N) is 1. The van der Waals surface area contributed by atoms with Gasteiger partial charge in [-0.25, -0.2) is 4.39 Å². The van der Waals surface area contributed by atoms with E-state index in [9.17, 15) is 4.39 Å². The Morgan fingerprint density at radius 3 is 2.38 bits per heavy atom. The summed E-state index contributed by atoms with van der Waals surface area (Å²) in [6, 6.07) is 17.2. The second-order valence-corrected chi connectivity index (χ2v) is 5.27. The Morgan fingerprint density at radius 2 is 1.71 bits per heavy atom. The summed E-state index contributed by atoms with van der Waals surface area (Å²) < 4.78 is 13.8. The molecule has 112 valence electrons. The molecule has 21 heavy (non-hydrogen) atoms. The van der Waals surface area contributed by atoms with Gasteiger partial charge in [0.25, 0.3) is 0 Å². The number of likely N-dealkylation sites (N-methyl/N-ethyl adjacent to an activating group) is 1. The zero-order valence-electron chi connectivity index (χ0n) is 12.5. The molecule has 2 aromatic rings. The third-order valence-corrected chi connectivity index (χ3v) is 3.68. The number of benzene rings is 2. The second-order valence-electron chi connectivity index (χ2n) is 5.27. The highest BCUT2D eigenvalue weighted by Crippen LogP contribution is 2.19. The van der Waals surface area contributed by atoms with Gasteiger partial charge in [-0.2, -0.15) is 0 Å². The van der Waals surface area contributed by atoms with Crippen LogP contribution in [0, 0.1) is 5.82 Å². The van der Waals surface area contributed by atoms with E-state index in [1.54, 1.807) is 6.07 Å². The molecule has 0 aliphatic heterocycles. The van der Waals surface area contributed by atoms with Crippen molar-refractivity contribution < 1.29 is 4.39 Å². The van der Waals surface area contributed by atoms with Crippen LogP contribution in [0.25, 0.3) is 0 Å². The highest BCUT2D eigenvalue weighted by Gasteiger charge is 2.13. The predicted octanol–water partition coefficient (Wildman–Crippen LogP) is 3.61. The van der Waals surface area contributed by atoms with Crippen LogP contribution in [-0.2, 0) is 6.42 Å². The minimum Gasteiger partial charge on any atom is -0.368 e. The fourth-order valence-electron chi connectivity index (χ4n) is 2.48. The second kappa shape index (κ2) is 7.79. The lowest BCUT2D eigenvalue weighted by Gasteiger charge is -2.27. The van der Waals surface area contributed by atoms with Crippen molar-refractivity contribution in [1.29, 1.82) is 0 Å². The molecule has 0 amide bonds. The van der Waals surface area contributed by atoms with Crippen molar-refractivity contribution in [3.05, 3.63) is 66.0 Å². The molecule has 2 nitrogen and oxygen atoms in total. The average Bonchev–Trinajstić information content (AvgIpc) is 2.52. The Hall–Kier alpha value is -1.87. The molecule has 0 bridgehead atoms. The standard InChI is InChI=1S/C18H23FN2/c1-2-21(18-11-7-6-10-17(18)19)14-16(20)13-12-15-8-4-3-5-9-15/h3-11,16H,2,12-14,20H2,1H3. The van der Waals surface area contributed by atoms with Crippen LogP contribution < -0.4 is 10.6 Å². The molecule has 0 heterocycles. The van der Waals surface area contributed by atoms with Crippen LogP contribution in [-0.4, -0.2) is 19.1 Å². The fraction of sp³-hybridized carbons (Fsp3) is 0.333. The third kappa shape index (κ3) is 4.57. The Morgan fingerprint density at radius 1 is 1.05 bits per heavy atom. The highest BCUT2D eigenvalue weighted by molar-refractivity contribution is 5.47. The highest BCUT2D eigenvalue weighted by atomic mass is 19.1. The molecule has 1 atom stereocenters. The lowest BCUT2D eigenvalue weighted by molar-refractivity contribution is 0.576. The zero-order chi connectivity index (χ0) is 15.1. The van der Waals surface area contributed by atoms with Crippen molar-refractivity contribution in [2.75, 3.05) is 18.0 Å². The van der Waals surface area contributed by atoms with Crippen molar-refractivity contribution in [2.24, 2.45) is 5.73 Å². The van der Waals surface area contributed by atoms with Crippen molar-refractivity contribution in [3.8, 4) is 0 Å². The first-order valence-electron chi connectivity index (χ1n) is 7.49. The van der Waals surface area contributed by atoms with Crippen molar-refractivity contribution in [1.82, 2.24) is 0 Å². The fourth-order valence-corrected chi connectivity index (χ4v) is 2.48. The largest absolute Gasteiger partial charge is 0.368 e. The Balaban J connectivity index is 1.91. The quantitative estimate of drug-likeness (QED) is 0.842. The summed E-state index contributed by atoms with van der Waals surface area (Å²) >= 11 is 0. The summed E-state index contributed by atoms with van der Waals surface area (Å²) in [6.45, 7) is 3.45. The number of nitrogens with two attached hydrogens (primary N) is 1. The molecule has 2 N–H and O–H groups in total. The minimum absolute atomic E-state index is 0.0322. The summed E-state index contributed by atoms with van der Waals surface area (Å²) in [5, 5.41) is 0. The minimum atomic E-state index is -0.186. The third-order valence-electron chi connectivity index (χ3n) is 3.68. The maximum atomic E-state index is 13.8. The van der Waals surface area contributed by atoms with Crippen LogP contribution in [0.3, 0.4) is 0 Å². The van der Waals surface area contributed by atoms with Crippen molar-refractivity contribution in [3.63, 3.8) is 0 Å². The van der Waals surface area contributed by atoms with E-state index in [4.69, 9.17) is 5.73 Å². The molecular weight excluding hydrogens is 263 g/mol. The van der Waals surface area contributed by atoms with Gasteiger partial charge in [-0.15, -0.1) is 0 Å². The van der Waals surface area contributed by atoms with Crippen molar-refractivity contribution in [2.45, 2.75) is 25.8 Å². The predicted molar refractivity (Wildman–Crippen MR) is 87.0 cm³/mol. The van der Waals surface area contributed by atoms with Gasteiger partial charge in [-0.1, -0.05) is 42.5 Å². The lowest BCUT2D eigenvalue weighted by atomic mass is 10.1. The summed E-state index contributed by atoms with van der Waals surface area (Å²) in [5.41, 5.74) is 8.15. The van der Waals surface area contributed by atoms with E-state index >= 15 is 0 Å². The van der Waals surface area contributed by atoms with E-state index in [1.165, 1.54) is 11.6 Å². The first-order valence-corrected chi connectivity index (χ1v) is 7.49. The van der Waals surface area contributed by atoms with Gasteiger partial charge in [0.1, 0.15) is 5.82 Å². The van der Waals surface area contributed by atoms with Gasteiger partial charge in [-0.3, -0.25) is 0 Å². The van der Waals surface area contributed by atoms with Gasteiger partial charge in [0.05, 0.1) is 5.69 Å². The zero-order valence-corrected chi connectivity index (χ0v) is 12.5. The number of rotatable bonds is 7. The molecule has 2 aromatic carbocycles. The first-order chi connectivity index (χ1) is 10.2. The molecule has 1 unspecified atom stereocenters. The van der Waals surface area contributed by atoms with Crippen LogP contribution in [0.1, 0.15) is 18.9 Å². The van der Waals surface area contributed by atoms with Gasteiger partial charge in [-0.05, 0) is 37.5 Å². The number of aryl methyl sites for hydroxylation is 1. The molecular formula is C18H23FN2. The van der Waals surface area contributed by atoms with E-state index in [-0.39, 0.29) is 11.9 Å². The summed E-state index contributed by atoms with van der Waals surface area (Å²) in [5.74, 6) is -0.186. The molecule has 0 radical (unpaired) electrons. The maximum Gasteiger partial charge on any atom is 0.146 e. The summed E-state index contributed by atoms with van der Waals surface area (Å²) in [7, 11) is 0. The van der Waals surface area contributed by atoms with E-state index in [0.717, 1.165) is 19.4 Å². The molecule has 2 rings (SSSR count). The molecule has 0 aliphatic carbocycles. The average molecular weight is 286 g/mol. The smallest absolute Gasteiger partial charge is 0.146 e. The topological polar surface area (TPSA) is 29.3 Å². The van der Waals surface area contributed by atoms with Gasteiger partial charge < -0.3 is 10.6 Å².